The summed E-state index contributed by atoms with van der Waals surface area (Å²) in [7, 11) is 0. The van der Waals surface area contributed by atoms with Crippen molar-refractivity contribution in [3.63, 3.8) is 0 Å². The number of rotatable bonds is 7. The SMILES string of the molecule is CCN(CC(C)(CC)CNC(C)(C)C)C1CC1. The topological polar surface area (TPSA) is 15.3 Å². The highest BCUT2D eigenvalue weighted by molar-refractivity contribution is 4.89. The first-order valence-electron chi connectivity index (χ1n) is 7.29. The summed E-state index contributed by atoms with van der Waals surface area (Å²) < 4.78 is 0. The average molecular weight is 240 g/mol. The predicted molar refractivity (Wildman–Crippen MR) is 76.4 cm³/mol. The van der Waals surface area contributed by atoms with Crippen molar-refractivity contribution in [1.82, 2.24) is 10.2 Å². The van der Waals surface area contributed by atoms with E-state index in [-0.39, 0.29) is 5.54 Å². The van der Waals surface area contributed by atoms with Crippen molar-refractivity contribution in [1.29, 1.82) is 0 Å². The molecule has 1 fully saturated rings. The summed E-state index contributed by atoms with van der Waals surface area (Å²) >= 11 is 0. The van der Waals surface area contributed by atoms with Gasteiger partial charge in [0.05, 0.1) is 0 Å². The molecule has 0 aromatic carbocycles. The standard InChI is InChI=1S/C15H32N2/c1-7-15(6,11-16-14(3,4)5)12-17(8-2)13-9-10-13/h13,16H,7-12H2,1-6H3. The summed E-state index contributed by atoms with van der Waals surface area (Å²) in [5.74, 6) is 0. The van der Waals surface area contributed by atoms with Gasteiger partial charge in [0.15, 0.2) is 0 Å². The van der Waals surface area contributed by atoms with Crippen molar-refractivity contribution < 1.29 is 0 Å². The minimum atomic E-state index is 0.229. The van der Waals surface area contributed by atoms with Crippen LogP contribution in [0.4, 0.5) is 0 Å². The zero-order valence-corrected chi connectivity index (χ0v) is 12.8. The number of hydrogen-bond donors (Lipinski definition) is 1. The molecule has 1 rings (SSSR count). The fraction of sp³-hybridized carbons (Fsp3) is 1.00. The molecule has 0 spiro atoms. The van der Waals surface area contributed by atoms with Crippen molar-refractivity contribution in [3.05, 3.63) is 0 Å². The van der Waals surface area contributed by atoms with Crippen molar-refractivity contribution in [3.8, 4) is 0 Å². The van der Waals surface area contributed by atoms with Gasteiger partial charge < -0.3 is 10.2 Å². The molecule has 1 atom stereocenters. The Morgan fingerprint density at radius 1 is 1.12 bits per heavy atom. The van der Waals surface area contributed by atoms with Crippen LogP contribution in [-0.2, 0) is 0 Å². The Bertz CT molecular complexity index is 228. The van der Waals surface area contributed by atoms with Gasteiger partial charge in [0.2, 0.25) is 0 Å². The fourth-order valence-electron chi connectivity index (χ4n) is 2.20. The first-order chi connectivity index (χ1) is 7.79. The van der Waals surface area contributed by atoms with Crippen molar-refractivity contribution >= 4 is 0 Å². The summed E-state index contributed by atoms with van der Waals surface area (Å²) in [5, 5.41) is 3.68. The molecule has 0 radical (unpaired) electrons. The summed E-state index contributed by atoms with van der Waals surface area (Å²) in [6.45, 7) is 17.4. The van der Waals surface area contributed by atoms with E-state index in [0.29, 0.717) is 5.41 Å². The van der Waals surface area contributed by atoms with Crippen LogP contribution in [-0.4, -0.2) is 36.1 Å². The maximum absolute atomic E-state index is 3.68. The summed E-state index contributed by atoms with van der Waals surface area (Å²) in [6, 6.07) is 0.889. The predicted octanol–water partition coefficient (Wildman–Crippen LogP) is 3.28. The molecule has 1 aliphatic carbocycles. The van der Waals surface area contributed by atoms with Crippen LogP contribution in [0.2, 0.25) is 0 Å². The molecule has 2 nitrogen and oxygen atoms in total. The molecule has 0 aliphatic heterocycles. The molecule has 1 aliphatic rings. The Morgan fingerprint density at radius 2 is 1.71 bits per heavy atom. The lowest BCUT2D eigenvalue weighted by Gasteiger charge is -2.37. The van der Waals surface area contributed by atoms with Crippen molar-refractivity contribution in [2.75, 3.05) is 19.6 Å². The van der Waals surface area contributed by atoms with Gasteiger partial charge in [-0.2, -0.15) is 0 Å². The van der Waals surface area contributed by atoms with Gasteiger partial charge in [-0.1, -0.05) is 20.8 Å². The molecule has 0 aromatic heterocycles. The monoisotopic (exact) mass is 240 g/mol. The Morgan fingerprint density at radius 3 is 2.06 bits per heavy atom. The van der Waals surface area contributed by atoms with E-state index in [9.17, 15) is 0 Å². The molecule has 2 heteroatoms. The van der Waals surface area contributed by atoms with Crippen molar-refractivity contribution in [2.45, 2.75) is 72.4 Å². The molecule has 0 bridgehead atoms. The molecule has 0 amide bonds. The highest BCUT2D eigenvalue weighted by Crippen LogP contribution is 2.31. The van der Waals surface area contributed by atoms with Crippen molar-refractivity contribution in [2.24, 2.45) is 5.41 Å². The normalized spacial score (nSPS) is 20.6. The van der Waals surface area contributed by atoms with E-state index in [1.165, 1.54) is 32.4 Å². The average Bonchev–Trinajstić information content (AvgIpc) is 3.06. The second-order valence-electron chi connectivity index (χ2n) is 7.06. The zero-order chi connectivity index (χ0) is 13.1. The maximum Gasteiger partial charge on any atom is 0.00967 e. The van der Waals surface area contributed by atoms with Gasteiger partial charge in [0.25, 0.3) is 0 Å². The first-order valence-corrected chi connectivity index (χ1v) is 7.29. The van der Waals surface area contributed by atoms with E-state index < -0.39 is 0 Å². The third-order valence-electron chi connectivity index (χ3n) is 3.95. The van der Waals surface area contributed by atoms with Gasteiger partial charge in [-0.05, 0) is 52.0 Å². The molecule has 1 N–H and O–H groups in total. The molecule has 17 heavy (non-hydrogen) atoms. The Labute approximate surface area is 108 Å². The van der Waals surface area contributed by atoms with Crippen LogP contribution in [0.15, 0.2) is 0 Å². The molecule has 1 unspecified atom stereocenters. The van der Waals surface area contributed by atoms with Crippen LogP contribution in [0.5, 0.6) is 0 Å². The van der Waals surface area contributed by atoms with Gasteiger partial charge in [0, 0.05) is 24.7 Å². The van der Waals surface area contributed by atoms with Gasteiger partial charge in [0.1, 0.15) is 0 Å². The minimum Gasteiger partial charge on any atom is -0.311 e. The lowest BCUT2D eigenvalue weighted by atomic mass is 9.85. The third kappa shape index (κ3) is 5.39. The summed E-state index contributed by atoms with van der Waals surface area (Å²) in [6.07, 6.45) is 4.08. The zero-order valence-electron chi connectivity index (χ0n) is 12.8. The molecular weight excluding hydrogens is 208 g/mol. The van der Waals surface area contributed by atoms with Crippen LogP contribution in [0, 0.1) is 5.41 Å². The van der Waals surface area contributed by atoms with E-state index in [4.69, 9.17) is 0 Å². The number of nitrogens with one attached hydrogen (secondary N) is 1. The van der Waals surface area contributed by atoms with Crippen LogP contribution in [0.3, 0.4) is 0 Å². The van der Waals surface area contributed by atoms with E-state index >= 15 is 0 Å². The molecule has 1 saturated carbocycles. The quantitative estimate of drug-likeness (QED) is 0.735. The Kier molecular flexibility index (Phi) is 5.03. The van der Waals surface area contributed by atoms with Gasteiger partial charge in [-0.25, -0.2) is 0 Å². The molecule has 0 saturated heterocycles. The molecule has 0 aromatic rings. The largest absolute Gasteiger partial charge is 0.311 e. The lowest BCUT2D eigenvalue weighted by Crippen LogP contribution is -2.47. The van der Waals surface area contributed by atoms with E-state index in [1.54, 1.807) is 0 Å². The van der Waals surface area contributed by atoms with Crippen LogP contribution < -0.4 is 5.32 Å². The third-order valence-corrected chi connectivity index (χ3v) is 3.95. The van der Waals surface area contributed by atoms with Gasteiger partial charge >= 0.3 is 0 Å². The van der Waals surface area contributed by atoms with Crippen LogP contribution >= 0.6 is 0 Å². The molecule has 102 valence electrons. The van der Waals surface area contributed by atoms with Gasteiger partial charge in [-0.15, -0.1) is 0 Å². The second-order valence-corrected chi connectivity index (χ2v) is 7.06. The highest BCUT2D eigenvalue weighted by Gasteiger charge is 2.33. The smallest absolute Gasteiger partial charge is 0.00967 e. The van der Waals surface area contributed by atoms with E-state index in [1.807, 2.05) is 0 Å². The Balaban J connectivity index is 2.48. The molecule has 0 heterocycles. The first kappa shape index (κ1) is 15.0. The summed E-state index contributed by atoms with van der Waals surface area (Å²) in [5.41, 5.74) is 0.638. The highest BCUT2D eigenvalue weighted by atomic mass is 15.2. The van der Waals surface area contributed by atoms with Crippen LogP contribution in [0.1, 0.15) is 60.8 Å². The minimum absolute atomic E-state index is 0.229. The number of nitrogens with zero attached hydrogens (tertiary/aromatic N) is 1. The van der Waals surface area contributed by atoms with E-state index in [0.717, 1.165) is 12.6 Å². The lowest BCUT2D eigenvalue weighted by molar-refractivity contribution is 0.145. The number of hydrogen-bond acceptors (Lipinski definition) is 2. The molecular formula is C15H32N2. The summed E-state index contributed by atoms with van der Waals surface area (Å²) in [4.78, 5) is 2.67. The second kappa shape index (κ2) is 5.71. The van der Waals surface area contributed by atoms with Gasteiger partial charge in [-0.3, -0.25) is 0 Å². The van der Waals surface area contributed by atoms with E-state index in [2.05, 4.69) is 51.8 Å². The maximum atomic E-state index is 3.68. The Hall–Kier alpha value is -0.0800. The van der Waals surface area contributed by atoms with Crippen LogP contribution in [0.25, 0.3) is 0 Å². The fourth-order valence-corrected chi connectivity index (χ4v) is 2.20.